The van der Waals surface area contributed by atoms with Crippen LogP contribution in [0.2, 0.25) is 0 Å². The summed E-state index contributed by atoms with van der Waals surface area (Å²) in [6.07, 6.45) is 0.126. The Morgan fingerprint density at radius 3 is 2.94 bits per heavy atom. The van der Waals surface area contributed by atoms with Gasteiger partial charge in [-0.3, -0.25) is 4.79 Å². The summed E-state index contributed by atoms with van der Waals surface area (Å²) < 4.78 is 5.56. The average molecular weight is 228 g/mol. The number of carboxylic acid groups (broad SMARTS) is 1. The number of aliphatic carboxylic acids is 1. The van der Waals surface area contributed by atoms with Crippen molar-refractivity contribution in [1.82, 2.24) is 0 Å². The smallest absolute Gasteiger partial charge is 0.304 e. The largest absolute Gasteiger partial charge is 0.493 e. The third-order valence-corrected chi connectivity index (χ3v) is 3.20. The molecule has 0 fully saturated rings. The standard InChI is InChI=1S/C14H12O3/c15-13(16)7-10-8-17-12-6-5-9-3-1-2-4-11(9)14(10)12/h1-6,10H,7-8H2,(H,15,16)/t10-/m0/s1. The lowest BCUT2D eigenvalue weighted by molar-refractivity contribution is -0.137. The van der Waals surface area contributed by atoms with Crippen molar-refractivity contribution in [2.45, 2.75) is 12.3 Å². The minimum absolute atomic E-state index is 0.0337. The van der Waals surface area contributed by atoms with E-state index in [2.05, 4.69) is 0 Å². The Morgan fingerprint density at radius 1 is 1.29 bits per heavy atom. The predicted octanol–water partition coefficient (Wildman–Crippen LogP) is 2.79. The second-order valence-electron chi connectivity index (χ2n) is 4.30. The van der Waals surface area contributed by atoms with Crippen molar-refractivity contribution in [2.24, 2.45) is 0 Å². The number of carboxylic acids is 1. The van der Waals surface area contributed by atoms with E-state index >= 15 is 0 Å². The zero-order chi connectivity index (χ0) is 11.8. The van der Waals surface area contributed by atoms with Crippen molar-refractivity contribution >= 4 is 16.7 Å². The van der Waals surface area contributed by atoms with Crippen molar-refractivity contribution in [2.75, 3.05) is 6.61 Å². The summed E-state index contributed by atoms with van der Waals surface area (Å²) in [4.78, 5) is 10.8. The van der Waals surface area contributed by atoms with Gasteiger partial charge in [0.15, 0.2) is 0 Å². The van der Waals surface area contributed by atoms with E-state index in [0.29, 0.717) is 6.61 Å². The average Bonchev–Trinajstić information content (AvgIpc) is 2.72. The maximum Gasteiger partial charge on any atom is 0.304 e. The van der Waals surface area contributed by atoms with Gasteiger partial charge in [-0.2, -0.15) is 0 Å². The fourth-order valence-electron chi connectivity index (χ4n) is 2.47. The fourth-order valence-corrected chi connectivity index (χ4v) is 2.47. The van der Waals surface area contributed by atoms with Crippen LogP contribution >= 0.6 is 0 Å². The molecule has 0 bridgehead atoms. The van der Waals surface area contributed by atoms with Crippen LogP contribution in [-0.4, -0.2) is 17.7 Å². The molecule has 1 aliphatic rings. The number of rotatable bonds is 2. The lowest BCUT2D eigenvalue weighted by Crippen LogP contribution is -2.07. The molecule has 17 heavy (non-hydrogen) atoms. The Labute approximate surface area is 98.6 Å². The molecule has 1 atom stereocenters. The molecular formula is C14H12O3. The molecule has 0 unspecified atom stereocenters. The van der Waals surface area contributed by atoms with Crippen LogP contribution in [-0.2, 0) is 4.79 Å². The van der Waals surface area contributed by atoms with Gasteiger partial charge in [-0.15, -0.1) is 0 Å². The van der Waals surface area contributed by atoms with Crippen LogP contribution in [0.15, 0.2) is 36.4 Å². The first kappa shape index (κ1) is 10.1. The molecule has 1 N–H and O–H groups in total. The van der Waals surface area contributed by atoms with Gasteiger partial charge in [0.25, 0.3) is 0 Å². The maximum atomic E-state index is 10.8. The molecule has 0 spiro atoms. The van der Waals surface area contributed by atoms with E-state index in [1.54, 1.807) is 0 Å². The van der Waals surface area contributed by atoms with Gasteiger partial charge in [0.1, 0.15) is 5.75 Å². The normalized spacial score (nSPS) is 17.8. The highest BCUT2D eigenvalue weighted by atomic mass is 16.5. The summed E-state index contributed by atoms with van der Waals surface area (Å²) in [6.45, 7) is 0.468. The van der Waals surface area contributed by atoms with E-state index in [4.69, 9.17) is 9.84 Å². The monoisotopic (exact) mass is 228 g/mol. The fraction of sp³-hybridized carbons (Fsp3) is 0.214. The molecule has 2 aromatic rings. The zero-order valence-electron chi connectivity index (χ0n) is 9.22. The molecule has 0 aliphatic carbocycles. The first-order valence-electron chi connectivity index (χ1n) is 5.62. The summed E-state index contributed by atoms with van der Waals surface area (Å²) in [5.74, 6) is 0.0166. The minimum Gasteiger partial charge on any atom is -0.493 e. The molecule has 1 aliphatic heterocycles. The lowest BCUT2D eigenvalue weighted by atomic mass is 9.93. The maximum absolute atomic E-state index is 10.8. The molecule has 86 valence electrons. The van der Waals surface area contributed by atoms with Crippen LogP contribution in [0.4, 0.5) is 0 Å². The van der Waals surface area contributed by atoms with Crippen molar-refractivity contribution in [3.8, 4) is 5.75 Å². The van der Waals surface area contributed by atoms with E-state index in [1.165, 1.54) is 0 Å². The highest BCUT2D eigenvalue weighted by Gasteiger charge is 2.27. The number of fused-ring (bicyclic) bond motifs is 3. The molecular weight excluding hydrogens is 216 g/mol. The molecule has 0 amide bonds. The van der Waals surface area contributed by atoms with Gasteiger partial charge < -0.3 is 9.84 Å². The molecule has 1 heterocycles. The summed E-state index contributed by atoms with van der Waals surface area (Å²) >= 11 is 0. The number of hydrogen-bond donors (Lipinski definition) is 1. The quantitative estimate of drug-likeness (QED) is 0.859. The van der Waals surface area contributed by atoms with Crippen molar-refractivity contribution < 1.29 is 14.6 Å². The molecule has 0 radical (unpaired) electrons. The second kappa shape index (κ2) is 3.77. The predicted molar refractivity (Wildman–Crippen MR) is 64.4 cm³/mol. The summed E-state index contributed by atoms with van der Waals surface area (Å²) in [7, 11) is 0. The first-order chi connectivity index (χ1) is 8.25. The van der Waals surface area contributed by atoms with Gasteiger partial charge in [0, 0.05) is 11.5 Å². The Bertz CT molecular complexity index is 589. The SMILES string of the molecule is O=C(O)C[C@H]1COc2ccc3ccccc3c21. The van der Waals surface area contributed by atoms with E-state index in [1.807, 2.05) is 36.4 Å². The van der Waals surface area contributed by atoms with E-state index in [9.17, 15) is 4.79 Å². The molecule has 3 nitrogen and oxygen atoms in total. The van der Waals surface area contributed by atoms with Gasteiger partial charge in [-0.25, -0.2) is 0 Å². The van der Waals surface area contributed by atoms with Crippen LogP contribution in [0.5, 0.6) is 5.75 Å². The van der Waals surface area contributed by atoms with Crippen LogP contribution in [0.3, 0.4) is 0 Å². The zero-order valence-corrected chi connectivity index (χ0v) is 9.22. The first-order valence-corrected chi connectivity index (χ1v) is 5.62. The highest BCUT2D eigenvalue weighted by Crippen LogP contribution is 2.40. The Morgan fingerprint density at radius 2 is 2.12 bits per heavy atom. The topological polar surface area (TPSA) is 46.5 Å². The van der Waals surface area contributed by atoms with Crippen molar-refractivity contribution in [3.63, 3.8) is 0 Å². The summed E-state index contributed by atoms with van der Waals surface area (Å²) in [5, 5.41) is 11.2. The highest BCUT2D eigenvalue weighted by molar-refractivity contribution is 5.89. The molecule has 3 heteroatoms. The van der Waals surface area contributed by atoms with Crippen LogP contribution in [0, 0.1) is 0 Å². The van der Waals surface area contributed by atoms with Gasteiger partial charge in [-0.1, -0.05) is 30.3 Å². The van der Waals surface area contributed by atoms with Crippen molar-refractivity contribution in [1.29, 1.82) is 0 Å². The van der Waals surface area contributed by atoms with Gasteiger partial charge in [-0.05, 0) is 16.8 Å². The summed E-state index contributed by atoms with van der Waals surface area (Å²) in [5.41, 5.74) is 1.05. The van der Waals surface area contributed by atoms with E-state index in [-0.39, 0.29) is 12.3 Å². The van der Waals surface area contributed by atoms with Crippen LogP contribution < -0.4 is 4.74 Å². The molecule has 0 saturated carbocycles. The van der Waals surface area contributed by atoms with Crippen LogP contribution in [0.1, 0.15) is 17.9 Å². The Balaban J connectivity index is 2.17. The number of ether oxygens (including phenoxy) is 1. The number of benzene rings is 2. The van der Waals surface area contributed by atoms with Gasteiger partial charge >= 0.3 is 5.97 Å². The third kappa shape index (κ3) is 1.64. The lowest BCUT2D eigenvalue weighted by Gasteiger charge is -2.08. The van der Waals surface area contributed by atoms with Gasteiger partial charge in [0.05, 0.1) is 13.0 Å². The van der Waals surface area contributed by atoms with Crippen molar-refractivity contribution in [3.05, 3.63) is 42.0 Å². The molecule has 2 aromatic carbocycles. The Hall–Kier alpha value is -2.03. The number of carbonyl (C=O) groups is 1. The third-order valence-electron chi connectivity index (χ3n) is 3.20. The number of hydrogen-bond acceptors (Lipinski definition) is 2. The second-order valence-corrected chi connectivity index (χ2v) is 4.30. The molecule has 0 saturated heterocycles. The van der Waals surface area contributed by atoms with Crippen LogP contribution in [0.25, 0.3) is 10.8 Å². The Kier molecular flexibility index (Phi) is 2.25. The minimum atomic E-state index is -0.778. The summed E-state index contributed by atoms with van der Waals surface area (Å²) in [6, 6.07) is 12.0. The molecule has 0 aromatic heterocycles. The van der Waals surface area contributed by atoms with E-state index < -0.39 is 5.97 Å². The van der Waals surface area contributed by atoms with E-state index in [0.717, 1.165) is 22.1 Å². The molecule has 3 rings (SSSR count). The van der Waals surface area contributed by atoms with Gasteiger partial charge in [0.2, 0.25) is 0 Å².